The number of hydrogen-bond acceptors (Lipinski definition) is 3. The molecule has 2 heterocycles. The molecule has 1 atom stereocenters. The summed E-state index contributed by atoms with van der Waals surface area (Å²) in [7, 11) is 0. The van der Waals surface area contributed by atoms with Crippen molar-refractivity contribution in [2.75, 3.05) is 19.7 Å². The second-order valence-corrected chi connectivity index (χ2v) is 6.13. The van der Waals surface area contributed by atoms with Crippen LogP contribution in [0.4, 0.5) is 0 Å². The monoisotopic (exact) mass is 319 g/mol. The van der Waals surface area contributed by atoms with Gasteiger partial charge >= 0.3 is 0 Å². The Morgan fingerprint density at radius 2 is 1.96 bits per heavy atom. The van der Waals surface area contributed by atoms with E-state index in [-0.39, 0.29) is 6.10 Å². The van der Waals surface area contributed by atoms with E-state index in [4.69, 9.17) is 4.74 Å². The second kappa shape index (κ2) is 6.99. The number of ether oxygens (including phenoxy) is 1. The van der Waals surface area contributed by atoms with Crippen molar-refractivity contribution in [2.45, 2.75) is 12.6 Å². The minimum Gasteiger partial charge on any atom is -0.371 e. The van der Waals surface area contributed by atoms with E-state index in [9.17, 15) is 0 Å². The Kier molecular flexibility index (Phi) is 4.40. The maximum atomic E-state index is 5.96. The molecule has 1 fully saturated rings. The van der Waals surface area contributed by atoms with Crippen molar-refractivity contribution in [3.05, 3.63) is 84.2 Å². The largest absolute Gasteiger partial charge is 0.371 e. The SMILES string of the molecule is c1ccc(C2CN(Cc3cccc(-n4cccn4)c3)CCO2)cc1. The molecular weight excluding hydrogens is 298 g/mol. The summed E-state index contributed by atoms with van der Waals surface area (Å²) < 4.78 is 7.86. The molecule has 0 bridgehead atoms. The normalized spacial score (nSPS) is 18.6. The molecule has 0 aliphatic carbocycles. The summed E-state index contributed by atoms with van der Waals surface area (Å²) in [4.78, 5) is 2.46. The van der Waals surface area contributed by atoms with Crippen LogP contribution < -0.4 is 0 Å². The van der Waals surface area contributed by atoms with Crippen LogP contribution in [-0.2, 0) is 11.3 Å². The van der Waals surface area contributed by atoms with Gasteiger partial charge in [-0.15, -0.1) is 0 Å². The van der Waals surface area contributed by atoms with Gasteiger partial charge < -0.3 is 4.74 Å². The van der Waals surface area contributed by atoms with Crippen molar-refractivity contribution >= 4 is 0 Å². The summed E-state index contributed by atoms with van der Waals surface area (Å²) in [5.41, 5.74) is 3.66. The third kappa shape index (κ3) is 3.40. The maximum Gasteiger partial charge on any atom is 0.0952 e. The lowest BCUT2D eigenvalue weighted by Crippen LogP contribution is -2.37. The minimum absolute atomic E-state index is 0.161. The van der Waals surface area contributed by atoms with Crippen LogP contribution in [0.15, 0.2) is 73.1 Å². The summed E-state index contributed by atoms with van der Waals surface area (Å²) in [5.74, 6) is 0. The fourth-order valence-corrected chi connectivity index (χ4v) is 3.19. The number of rotatable bonds is 4. The van der Waals surface area contributed by atoms with Crippen molar-refractivity contribution in [3.8, 4) is 5.69 Å². The van der Waals surface area contributed by atoms with Gasteiger partial charge in [0.05, 0.1) is 18.4 Å². The van der Waals surface area contributed by atoms with E-state index in [1.165, 1.54) is 11.1 Å². The van der Waals surface area contributed by atoms with Gasteiger partial charge in [-0.1, -0.05) is 42.5 Å². The first-order valence-electron chi connectivity index (χ1n) is 8.36. The highest BCUT2D eigenvalue weighted by molar-refractivity contribution is 5.35. The average Bonchev–Trinajstić information content (AvgIpc) is 3.18. The lowest BCUT2D eigenvalue weighted by molar-refractivity contribution is -0.0329. The van der Waals surface area contributed by atoms with Crippen LogP contribution in [0.3, 0.4) is 0 Å². The van der Waals surface area contributed by atoms with Gasteiger partial charge in [0.2, 0.25) is 0 Å². The smallest absolute Gasteiger partial charge is 0.0952 e. The number of nitrogens with zero attached hydrogens (tertiary/aromatic N) is 3. The standard InChI is InChI=1S/C20H21N3O/c1-2-7-18(8-3-1)20-16-22(12-13-24-20)15-17-6-4-9-19(14-17)23-11-5-10-21-23/h1-11,14,20H,12-13,15-16H2. The lowest BCUT2D eigenvalue weighted by Gasteiger charge is -2.33. The fourth-order valence-electron chi connectivity index (χ4n) is 3.19. The number of morpholine rings is 1. The molecule has 0 amide bonds. The van der Waals surface area contributed by atoms with Gasteiger partial charge in [-0.2, -0.15) is 5.10 Å². The Balaban J connectivity index is 1.46. The number of aromatic nitrogens is 2. The predicted molar refractivity (Wildman–Crippen MR) is 94.0 cm³/mol. The Morgan fingerprint density at radius 3 is 2.79 bits per heavy atom. The highest BCUT2D eigenvalue weighted by Crippen LogP contribution is 2.23. The molecule has 1 saturated heterocycles. The van der Waals surface area contributed by atoms with E-state index in [2.05, 4.69) is 58.5 Å². The molecule has 3 aromatic rings. The molecule has 2 aromatic carbocycles. The highest BCUT2D eigenvalue weighted by atomic mass is 16.5. The number of hydrogen-bond donors (Lipinski definition) is 0. The maximum absolute atomic E-state index is 5.96. The Bertz CT molecular complexity index is 771. The van der Waals surface area contributed by atoms with Crippen LogP contribution in [0.2, 0.25) is 0 Å². The Hall–Kier alpha value is -2.43. The van der Waals surface area contributed by atoms with Crippen LogP contribution in [0.25, 0.3) is 5.69 Å². The number of benzene rings is 2. The van der Waals surface area contributed by atoms with Crippen molar-refractivity contribution in [1.29, 1.82) is 0 Å². The second-order valence-electron chi connectivity index (χ2n) is 6.13. The summed E-state index contributed by atoms with van der Waals surface area (Å²) >= 11 is 0. The first-order valence-corrected chi connectivity index (χ1v) is 8.36. The molecule has 24 heavy (non-hydrogen) atoms. The average molecular weight is 319 g/mol. The zero-order valence-corrected chi connectivity index (χ0v) is 13.6. The predicted octanol–water partition coefficient (Wildman–Crippen LogP) is 3.45. The summed E-state index contributed by atoms with van der Waals surface area (Å²) in [5, 5.41) is 4.31. The van der Waals surface area contributed by atoms with E-state index < -0.39 is 0 Å². The molecule has 0 radical (unpaired) electrons. The van der Waals surface area contributed by atoms with Gasteiger partial charge in [-0.05, 0) is 29.3 Å². The summed E-state index contributed by atoms with van der Waals surface area (Å²) in [6.07, 6.45) is 3.94. The van der Waals surface area contributed by atoms with E-state index in [0.29, 0.717) is 0 Å². The van der Waals surface area contributed by atoms with Crippen molar-refractivity contribution in [2.24, 2.45) is 0 Å². The molecule has 0 spiro atoms. The molecule has 122 valence electrons. The third-order valence-electron chi connectivity index (χ3n) is 4.41. The van der Waals surface area contributed by atoms with E-state index >= 15 is 0 Å². The Morgan fingerprint density at radius 1 is 1.04 bits per heavy atom. The molecule has 1 aliphatic heterocycles. The van der Waals surface area contributed by atoms with Gasteiger partial charge in [-0.25, -0.2) is 4.68 Å². The molecule has 4 heteroatoms. The molecule has 4 nitrogen and oxygen atoms in total. The molecule has 1 aromatic heterocycles. The van der Waals surface area contributed by atoms with Crippen LogP contribution >= 0.6 is 0 Å². The first-order chi connectivity index (χ1) is 11.9. The molecule has 0 N–H and O–H groups in total. The van der Waals surface area contributed by atoms with Gasteiger partial charge in [0, 0.05) is 32.0 Å². The summed E-state index contributed by atoms with van der Waals surface area (Å²) in [6.45, 7) is 3.60. The van der Waals surface area contributed by atoms with E-state index in [1.807, 2.05) is 23.0 Å². The van der Waals surface area contributed by atoms with Crippen LogP contribution in [0.5, 0.6) is 0 Å². The van der Waals surface area contributed by atoms with E-state index in [1.54, 1.807) is 6.20 Å². The zero-order valence-electron chi connectivity index (χ0n) is 13.6. The van der Waals surface area contributed by atoms with Crippen molar-refractivity contribution in [1.82, 2.24) is 14.7 Å². The molecule has 1 aliphatic rings. The highest BCUT2D eigenvalue weighted by Gasteiger charge is 2.21. The summed E-state index contributed by atoms with van der Waals surface area (Å²) in [6, 6.07) is 21.0. The van der Waals surface area contributed by atoms with Gasteiger partial charge in [-0.3, -0.25) is 4.90 Å². The molecule has 1 unspecified atom stereocenters. The van der Waals surface area contributed by atoms with Crippen molar-refractivity contribution in [3.63, 3.8) is 0 Å². The van der Waals surface area contributed by atoms with Crippen molar-refractivity contribution < 1.29 is 4.74 Å². The Labute approximate surface area is 142 Å². The van der Waals surface area contributed by atoms with Gasteiger partial charge in [0.25, 0.3) is 0 Å². The molecular formula is C20H21N3O. The fraction of sp³-hybridized carbons (Fsp3) is 0.250. The zero-order chi connectivity index (χ0) is 16.2. The molecule has 0 saturated carbocycles. The van der Waals surface area contributed by atoms with Crippen LogP contribution in [0.1, 0.15) is 17.2 Å². The molecule has 4 rings (SSSR count). The lowest BCUT2D eigenvalue weighted by atomic mass is 10.1. The van der Waals surface area contributed by atoms with Gasteiger partial charge in [0.15, 0.2) is 0 Å². The van der Waals surface area contributed by atoms with Crippen LogP contribution in [0, 0.1) is 0 Å². The first kappa shape index (κ1) is 15.1. The quantitative estimate of drug-likeness (QED) is 0.738. The third-order valence-corrected chi connectivity index (χ3v) is 4.41. The van der Waals surface area contributed by atoms with E-state index in [0.717, 1.165) is 31.9 Å². The van der Waals surface area contributed by atoms with Crippen LogP contribution in [-0.4, -0.2) is 34.4 Å². The minimum atomic E-state index is 0.161. The van der Waals surface area contributed by atoms with Gasteiger partial charge in [0.1, 0.15) is 0 Å². The topological polar surface area (TPSA) is 30.3 Å².